The number of rotatable bonds is 5. The maximum Gasteiger partial charge on any atom is 0.251 e. The average Bonchev–Trinajstić information content (AvgIpc) is 2.88. The molecule has 2 aromatic heterocycles. The summed E-state index contributed by atoms with van der Waals surface area (Å²) >= 11 is 0. The molecule has 0 saturated carbocycles. The maximum absolute atomic E-state index is 12.4. The van der Waals surface area contributed by atoms with Crippen LogP contribution in [0.3, 0.4) is 0 Å². The van der Waals surface area contributed by atoms with Crippen LogP contribution in [0.5, 0.6) is 0 Å². The third kappa shape index (κ3) is 4.16. The molecule has 2 aromatic rings. The summed E-state index contributed by atoms with van der Waals surface area (Å²) in [6.45, 7) is 10.2. The third-order valence-corrected chi connectivity index (χ3v) is 4.61. The first kappa shape index (κ1) is 18.3. The van der Waals surface area contributed by atoms with E-state index in [1.807, 2.05) is 33.8 Å². The minimum Gasteiger partial charge on any atom is -0.352 e. The van der Waals surface area contributed by atoms with Crippen molar-refractivity contribution < 1.29 is 4.79 Å². The molecule has 0 aliphatic carbocycles. The minimum absolute atomic E-state index is 0.0107. The molecule has 0 bridgehead atoms. The highest BCUT2D eigenvalue weighted by Gasteiger charge is 2.17. The van der Waals surface area contributed by atoms with E-state index in [9.17, 15) is 4.79 Å². The SMILES string of the molecule is Cc1cc(C)nc(-n2nc(C)c(CC(=O)NCC3=CCNCC3)c2C)n1. The van der Waals surface area contributed by atoms with E-state index >= 15 is 0 Å². The third-order valence-electron chi connectivity index (χ3n) is 4.61. The minimum atomic E-state index is 0.0107. The molecule has 0 radical (unpaired) electrons. The van der Waals surface area contributed by atoms with Gasteiger partial charge < -0.3 is 10.6 Å². The number of carbonyl (C=O) groups is 1. The molecule has 7 heteroatoms. The second-order valence-electron chi connectivity index (χ2n) is 6.78. The Morgan fingerprint density at radius 2 is 1.96 bits per heavy atom. The van der Waals surface area contributed by atoms with Gasteiger partial charge in [0.1, 0.15) is 0 Å². The van der Waals surface area contributed by atoms with Crippen molar-refractivity contribution >= 4 is 5.91 Å². The van der Waals surface area contributed by atoms with E-state index in [1.54, 1.807) is 4.68 Å². The Labute approximate surface area is 153 Å². The van der Waals surface area contributed by atoms with Crippen LogP contribution in [0.4, 0.5) is 0 Å². The zero-order valence-electron chi connectivity index (χ0n) is 15.9. The first-order chi connectivity index (χ1) is 12.4. The van der Waals surface area contributed by atoms with E-state index in [1.165, 1.54) is 5.57 Å². The summed E-state index contributed by atoms with van der Waals surface area (Å²) in [7, 11) is 0. The van der Waals surface area contributed by atoms with Crippen LogP contribution in [0.2, 0.25) is 0 Å². The monoisotopic (exact) mass is 354 g/mol. The lowest BCUT2D eigenvalue weighted by Gasteiger charge is -2.14. The molecule has 0 spiro atoms. The van der Waals surface area contributed by atoms with Crippen LogP contribution in [0.15, 0.2) is 17.7 Å². The predicted molar refractivity (Wildman–Crippen MR) is 100 cm³/mol. The van der Waals surface area contributed by atoms with Gasteiger partial charge in [-0.2, -0.15) is 5.10 Å². The van der Waals surface area contributed by atoms with Crippen molar-refractivity contribution in [3.8, 4) is 5.95 Å². The van der Waals surface area contributed by atoms with Gasteiger partial charge in [0.15, 0.2) is 0 Å². The highest BCUT2D eigenvalue weighted by Crippen LogP contribution is 2.17. The van der Waals surface area contributed by atoms with E-state index in [0.29, 0.717) is 18.9 Å². The molecule has 138 valence electrons. The molecule has 3 heterocycles. The number of carbonyl (C=O) groups excluding carboxylic acids is 1. The number of nitrogens with zero attached hydrogens (tertiary/aromatic N) is 4. The first-order valence-corrected chi connectivity index (χ1v) is 8.97. The second-order valence-corrected chi connectivity index (χ2v) is 6.78. The highest BCUT2D eigenvalue weighted by atomic mass is 16.1. The van der Waals surface area contributed by atoms with Crippen LogP contribution in [0.1, 0.15) is 34.8 Å². The van der Waals surface area contributed by atoms with Crippen molar-refractivity contribution in [2.45, 2.75) is 40.5 Å². The second kappa shape index (κ2) is 7.78. The van der Waals surface area contributed by atoms with Crippen molar-refractivity contribution in [1.82, 2.24) is 30.4 Å². The van der Waals surface area contributed by atoms with E-state index in [4.69, 9.17) is 0 Å². The van der Waals surface area contributed by atoms with Gasteiger partial charge >= 0.3 is 0 Å². The Kier molecular flexibility index (Phi) is 5.46. The normalized spacial score (nSPS) is 14.2. The lowest BCUT2D eigenvalue weighted by Crippen LogP contribution is -2.30. The Morgan fingerprint density at radius 3 is 2.62 bits per heavy atom. The molecule has 3 rings (SSSR count). The number of hydrogen-bond donors (Lipinski definition) is 2. The van der Waals surface area contributed by atoms with Crippen molar-refractivity contribution in [3.05, 3.63) is 46.1 Å². The maximum atomic E-state index is 12.4. The summed E-state index contributed by atoms with van der Waals surface area (Å²) in [5, 5.41) is 10.8. The Bertz CT molecular complexity index is 832. The van der Waals surface area contributed by atoms with Gasteiger partial charge in [-0.15, -0.1) is 0 Å². The fraction of sp³-hybridized carbons (Fsp3) is 0.474. The fourth-order valence-electron chi connectivity index (χ4n) is 3.19. The molecule has 1 aliphatic rings. The summed E-state index contributed by atoms with van der Waals surface area (Å²) in [5.41, 5.74) is 5.75. The van der Waals surface area contributed by atoms with E-state index in [0.717, 1.165) is 47.8 Å². The van der Waals surface area contributed by atoms with Crippen LogP contribution in [0, 0.1) is 27.7 Å². The van der Waals surface area contributed by atoms with Gasteiger partial charge in [0.2, 0.25) is 5.91 Å². The Hall–Kier alpha value is -2.54. The molecule has 0 saturated heterocycles. The molecular weight excluding hydrogens is 328 g/mol. The molecule has 26 heavy (non-hydrogen) atoms. The number of aromatic nitrogens is 4. The van der Waals surface area contributed by atoms with Gasteiger partial charge in [-0.25, -0.2) is 14.6 Å². The number of nitrogens with one attached hydrogen (secondary N) is 2. The summed E-state index contributed by atoms with van der Waals surface area (Å²) in [6, 6.07) is 1.93. The van der Waals surface area contributed by atoms with E-state index in [2.05, 4.69) is 31.8 Å². The molecule has 0 fully saturated rings. The predicted octanol–water partition coefficient (Wildman–Crippen LogP) is 1.47. The Balaban J connectivity index is 1.73. The summed E-state index contributed by atoms with van der Waals surface area (Å²) in [6.07, 6.45) is 3.45. The van der Waals surface area contributed by atoms with Gasteiger partial charge in [0.25, 0.3) is 5.95 Å². The zero-order chi connectivity index (χ0) is 18.7. The lowest BCUT2D eigenvalue weighted by molar-refractivity contribution is -0.120. The summed E-state index contributed by atoms with van der Waals surface area (Å²) in [4.78, 5) is 21.3. The van der Waals surface area contributed by atoms with Crippen LogP contribution in [-0.4, -0.2) is 45.3 Å². The molecule has 2 N–H and O–H groups in total. The molecule has 0 unspecified atom stereocenters. The van der Waals surface area contributed by atoms with Crippen molar-refractivity contribution in [2.24, 2.45) is 0 Å². The molecule has 0 aromatic carbocycles. The average molecular weight is 354 g/mol. The van der Waals surface area contributed by atoms with Gasteiger partial charge in [-0.1, -0.05) is 11.6 Å². The van der Waals surface area contributed by atoms with Crippen LogP contribution < -0.4 is 10.6 Å². The van der Waals surface area contributed by atoms with Crippen LogP contribution in [0.25, 0.3) is 5.95 Å². The van der Waals surface area contributed by atoms with Crippen molar-refractivity contribution in [3.63, 3.8) is 0 Å². The van der Waals surface area contributed by atoms with E-state index < -0.39 is 0 Å². The Morgan fingerprint density at radius 1 is 1.23 bits per heavy atom. The van der Waals surface area contributed by atoms with Gasteiger partial charge in [0.05, 0.1) is 12.1 Å². The van der Waals surface area contributed by atoms with Gasteiger partial charge in [-0.05, 0) is 46.7 Å². The van der Waals surface area contributed by atoms with E-state index in [-0.39, 0.29) is 5.91 Å². The number of amides is 1. The topological polar surface area (TPSA) is 84.7 Å². The van der Waals surface area contributed by atoms with Gasteiger partial charge in [-0.3, -0.25) is 4.79 Å². The van der Waals surface area contributed by atoms with Crippen molar-refractivity contribution in [2.75, 3.05) is 19.6 Å². The van der Waals surface area contributed by atoms with Crippen molar-refractivity contribution in [1.29, 1.82) is 0 Å². The summed E-state index contributed by atoms with van der Waals surface area (Å²) in [5.74, 6) is 0.561. The largest absolute Gasteiger partial charge is 0.352 e. The fourth-order valence-corrected chi connectivity index (χ4v) is 3.19. The zero-order valence-corrected chi connectivity index (χ0v) is 15.9. The smallest absolute Gasteiger partial charge is 0.251 e. The lowest BCUT2D eigenvalue weighted by atomic mass is 10.1. The molecule has 0 atom stereocenters. The van der Waals surface area contributed by atoms with Crippen LogP contribution >= 0.6 is 0 Å². The number of hydrogen-bond acceptors (Lipinski definition) is 5. The number of aryl methyl sites for hydroxylation is 3. The van der Waals surface area contributed by atoms with Crippen LogP contribution in [-0.2, 0) is 11.2 Å². The molecule has 1 aliphatic heterocycles. The standard InChI is InChI=1S/C19H26N6O/c1-12-9-13(2)23-19(22-12)25-15(4)17(14(3)24-25)10-18(26)21-11-16-5-7-20-8-6-16/h5,9,20H,6-8,10-11H2,1-4H3,(H,21,26). The molecular formula is C19H26N6O. The molecule has 1 amide bonds. The first-order valence-electron chi connectivity index (χ1n) is 8.97. The van der Waals surface area contributed by atoms with Gasteiger partial charge in [0, 0.05) is 35.7 Å². The quantitative estimate of drug-likeness (QED) is 0.795. The summed E-state index contributed by atoms with van der Waals surface area (Å²) < 4.78 is 1.73. The highest BCUT2D eigenvalue weighted by molar-refractivity contribution is 5.79. The molecule has 7 nitrogen and oxygen atoms in total.